The summed E-state index contributed by atoms with van der Waals surface area (Å²) in [5.74, 6) is -0.250. The number of allylic oxidation sites excluding steroid dienone is 1. The van der Waals surface area contributed by atoms with E-state index in [1.165, 1.54) is 18.2 Å². The van der Waals surface area contributed by atoms with Gasteiger partial charge in [-0.1, -0.05) is 30.3 Å². The van der Waals surface area contributed by atoms with Crippen LogP contribution in [0.3, 0.4) is 0 Å². The summed E-state index contributed by atoms with van der Waals surface area (Å²) < 4.78 is 0. The molecule has 0 amide bonds. The Hall–Kier alpha value is -2.55. The molecule has 0 saturated heterocycles. The van der Waals surface area contributed by atoms with E-state index in [4.69, 9.17) is 0 Å². The van der Waals surface area contributed by atoms with E-state index in [0.29, 0.717) is 5.56 Å². The molecule has 2 N–H and O–H groups in total. The fraction of sp³-hybridized carbons (Fsp3) is 0. The molecule has 2 aromatic carbocycles. The van der Waals surface area contributed by atoms with Crippen molar-refractivity contribution in [3.05, 3.63) is 65.7 Å². The van der Waals surface area contributed by atoms with Gasteiger partial charge in [-0.15, -0.1) is 0 Å². The fourth-order valence-corrected chi connectivity index (χ4v) is 1.57. The summed E-state index contributed by atoms with van der Waals surface area (Å²) in [7, 11) is 0. The van der Waals surface area contributed by atoms with Gasteiger partial charge in [-0.25, -0.2) is 0 Å². The van der Waals surface area contributed by atoms with E-state index in [1.54, 1.807) is 42.5 Å². The van der Waals surface area contributed by atoms with Gasteiger partial charge >= 0.3 is 0 Å². The number of carbonyl (C=O) groups excluding carboxylic acids is 1. The number of rotatable bonds is 3. The summed E-state index contributed by atoms with van der Waals surface area (Å²) in [6, 6.07) is 13.1. The zero-order valence-electron chi connectivity index (χ0n) is 9.58. The summed E-state index contributed by atoms with van der Waals surface area (Å²) in [6.07, 6.45) is 2.84. The highest BCUT2D eigenvalue weighted by molar-refractivity contribution is 6.08. The first kappa shape index (κ1) is 11.9. The van der Waals surface area contributed by atoms with Crippen LogP contribution in [0.1, 0.15) is 15.9 Å². The van der Waals surface area contributed by atoms with Crippen LogP contribution in [0.15, 0.2) is 54.6 Å². The molecule has 0 atom stereocenters. The Morgan fingerprint density at radius 3 is 2.17 bits per heavy atom. The Kier molecular flexibility index (Phi) is 3.44. The first-order chi connectivity index (χ1) is 8.68. The lowest BCUT2D eigenvalue weighted by Crippen LogP contribution is -1.94. The molecular formula is C15H12O3. The molecule has 0 spiro atoms. The highest BCUT2D eigenvalue weighted by Crippen LogP contribution is 2.19. The second-order valence-corrected chi connectivity index (χ2v) is 3.77. The van der Waals surface area contributed by atoms with Crippen molar-refractivity contribution in [1.29, 1.82) is 0 Å². The summed E-state index contributed by atoms with van der Waals surface area (Å²) >= 11 is 0. The van der Waals surface area contributed by atoms with Crippen molar-refractivity contribution in [2.24, 2.45) is 0 Å². The van der Waals surface area contributed by atoms with Gasteiger partial charge in [0.15, 0.2) is 5.78 Å². The molecule has 0 aliphatic rings. The molecule has 3 nitrogen and oxygen atoms in total. The Morgan fingerprint density at radius 2 is 1.50 bits per heavy atom. The molecule has 0 unspecified atom stereocenters. The van der Waals surface area contributed by atoms with E-state index in [1.807, 2.05) is 0 Å². The van der Waals surface area contributed by atoms with Gasteiger partial charge in [0.05, 0.1) is 5.56 Å². The maximum atomic E-state index is 11.8. The number of phenolic OH excluding ortho intramolecular Hbond substituents is 2. The molecule has 2 aromatic rings. The van der Waals surface area contributed by atoms with Crippen LogP contribution in [0.4, 0.5) is 0 Å². The lowest BCUT2D eigenvalue weighted by Gasteiger charge is -2.00. The number of benzene rings is 2. The van der Waals surface area contributed by atoms with Gasteiger partial charge in [-0.05, 0) is 30.4 Å². The molecular weight excluding hydrogens is 228 g/mol. The third-order valence-electron chi connectivity index (χ3n) is 2.52. The Morgan fingerprint density at radius 1 is 0.889 bits per heavy atom. The molecule has 0 aromatic heterocycles. The third-order valence-corrected chi connectivity index (χ3v) is 2.52. The van der Waals surface area contributed by atoms with Gasteiger partial charge in [0.25, 0.3) is 0 Å². The summed E-state index contributed by atoms with van der Waals surface area (Å²) in [5.41, 5.74) is 0.797. The van der Waals surface area contributed by atoms with E-state index in [-0.39, 0.29) is 22.8 Å². The minimum atomic E-state index is -0.309. The molecule has 0 bridgehead atoms. The number of carbonyl (C=O) groups is 1. The molecule has 0 heterocycles. The number of hydrogen-bond acceptors (Lipinski definition) is 3. The maximum absolute atomic E-state index is 11.8. The molecule has 2 rings (SSSR count). The van der Waals surface area contributed by atoms with E-state index in [9.17, 15) is 15.0 Å². The van der Waals surface area contributed by atoms with Crippen molar-refractivity contribution >= 4 is 11.9 Å². The SMILES string of the molecule is O=C(C=Cc1ccccc1O)c1ccccc1O. The molecule has 3 heteroatoms. The minimum Gasteiger partial charge on any atom is -0.507 e. The predicted molar refractivity (Wildman–Crippen MR) is 69.6 cm³/mol. The van der Waals surface area contributed by atoms with Crippen LogP contribution in [0.2, 0.25) is 0 Å². The van der Waals surface area contributed by atoms with E-state index >= 15 is 0 Å². The lowest BCUT2D eigenvalue weighted by atomic mass is 10.1. The zero-order valence-corrected chi connectivity index (χ0v) is 9.58. The molecule has 90 valence electrons. The number of para-hydroxylation sites is 2. The maximum Gasteiger partial charge on any atom is 0.189 e. The van der Waals surface area contributed by atoms with Crippen molar-refractivity contribution in [3.8, 4) is 11.5 Å². The molecule has 0 saturated carbocycles. The zero-order chi connectivity index (χ0) is 13.0. The molecule has 0 fully saturated rings. The third kappa shape index (κ3) is 2.58. The Balaban J connectivity index is 2.23. The van der Waals surface area contributed by atoms with Gasteiger partial charge in [0.2, 0.25) is 0 Å². The molecule has 0 aliphatic heterocycles. The molecule has 0 aliphatic carbocycles. The second kappa shape index (κ2) is 5.19. The van der Waals surface area contributed by atoms with Crippen LogP contribution in [-0.4, -0.2) is 16.0 Å². The number of aromatic hydroxyl groups is 2. The van der Waals surface area contributed by atoms with Crippen LogP contribution in [0.25, 0.3) is 6.08 Å². The van der Waals surface area contributed by atoms with Gasteiger partial charge in [-0.2, -0.15) is 0 Å². The first-order valence-corrected chi connectivity index (χ1v) is 5.47. The monoisotopic (exact) mass is 240 g/mol. The standard InChI is InChI=1S/C15H12O3/c16-13-7-3-1-5-11(13)9-10-15(18)12-6-2-4-8-14(12)17/h1-10,16-17H. The van der Waals surface area contributed by atoms with Gasteiger partial charge in [0, 0.05) is 5.56 Å². The topological polar surface area (TPSA) is 57.5 Å². The van der Waals surface area contributed by atoms with Crippen molar-refractivity contribution in [1.82, 2.24) is 0 Å². The summed E-state index contributed by atoms with van der Waals surface area (Å²) in [4.78, 5) is 11.8. The normalized spacial score (nSPS) is 10.7. The smallest absolute Gasteiger partial charge is 0.189 e. The van der Waals surface area contributed by atoms with Crippen LogP contribution in [-0.2, 0) is 0 Å². The first-order valence-electron chi connectivity index (χ1n) is 5.47. The Labute approximate surface area is 105 Å². The Bertz CT molecular complexity index is 600. The van der Waals surface area contributed by atoms with Gasteiger partial charge in [-0.3, -0.25) is 4.79 Å². The average Bonchev–Trinajstić information content (AvgIpc) is 2.38. The van der Waals surface area contributed by atoms with Crippen molar-refractivity contribution in [2.75, 3.05) is 0 Å². The van der Waals surface area contributed by atoms with Crippen molar-refractivity contribution in [3.63, 3.8) is 0 Å². The summed E-state index contributed by atoms with van der Waals surface area (Å²) in [6.45, 7) is 0. The largest absolute Gasteiger partial charge is 0.507 e. The van der Waals surface area contributed by atoms with Gasteiger partial charge in [0.1, 0.15) is 11.5 Å². The quantitative estimate of drug-likeness (QED) is 0.640. The number of ketones is 1. The van der Waals surface area contributed by atoms with E-state index in [0.717, 1.165) is 0 Å². The molecule has 0 radical (unpaired) electrons. The van der Waals surface area contributed by atoms with E-state index < -0.39 is 0 Å². The van der Waals surface area contributed by atoms with Gasteiger partial charge < -0.3 is 10.2 Å². The van der Waals surface area contributed by atoms with Crippen molar-refractivity contribution < 1.29 is 15.0 Å². The average molecular weight is 240 g/mol. The second-order valence-electron chi connectivity index (χ2n) is 3.77. The van der Waals surface area contributed by atoms with E-state index in [2.05, 4.69) is 0 Å². The van der Waals surface area contributed by atoms with Crippen LogP contribution < -0.4 is 0 Å². The highest BCUT2D eigenvalue weighted by atomic mass is 16.3. The van der Waals surface area contributed by atoms with Crippen LogP contribution in [0, 0.1) is 0 Å². The lowest BCUT2D eigenvalue weighted by molar-refractivity contribution is 0.104. The van der Waals surface area contributed by atoms with Crippen LogP contribution in [0.5, 0.6) is 11.5 Å². The van der Waals surface area contributed by atoms with Crippen molar-refractivity contribution in [2.45, 2.75) is 0 Å². The number of hydrogen-bond donors (Lipinski definition) is 2. The van der Waals surface area contributed by atoms with Crippen LogP contribution >= 0.6 is 0 Å². The number of phenols is 2. The minimum absolute atomic E-state index is 0.0515. The fourth-order valence-electron chi connectivity index (χ4n) is 1.57. The highest BCUT2D eigenvalue weighted by Gasteiger charge is 2.06. The predicted octanol–water partition coefficient (Wildman–Crippen LogP) is 2.99. The summed E-state index contributed by atoms with van der Waals surface area (Å²) in [5, 5.41) is 19.1. The molecule has 18 heavy (non-hydrogen) atoms.